The molecular weight excluding hydrogens is 216 g/mol. The largest absolute Gasteiger partial charge is 0.368 e. The zero-order valence-electron chi connectivity index (χ0n) is 9.63. The standard InChI is InChI=1S/C13H16N2O2/c14-12(16)9-15-7-6-11(13(15)17)8-10-4-2-1-3-5-10/h1-5,11H,6-9H2,(H2,14,16). The van der Waals surface area contributed by atoms with Gasteiger partial charge in [0.1, 0.15) is 0 Å². The summed E-state index contributed by atoms with van der Waals surface area (Å²) in [6, 6.07) is 9.93. The minimum absolute atomic E-state index is 0.00301. The first-order valence-electron chi connectivity index (χ1n) is 5.78. The molecule has 4 nitrogen and oxygen atoms in total. The second-order valence-corrected chi connectivity index (χ2v) is 4.40. The SMILES string of the molecule is NC(=O)CN1CCC(Cc2ccccc2)C1=O. The number of amides is 2. The van der Waals surface area contributed by atoms with E-state index in [-0.39, 0.29) is 18.4 Å². The minimum Gasteiger partial charge on any atom is -0.368 e. The summed E-state index contributed by atoms with van der Waals surface area (Å²) in [7, 11) is 0. The van der Waals surface area contributed by atoms with Gasteiger partial charge in [0.15, 0.2) is 0 Å². The molecule has 0 spiro atoms. The van der Waals surface area contributed by atoms with Gasteiger partial charge in [0.2, 0.25) is 11.8 Å². The Hall–Kier alpha value is -1.84. The van der Waals surface area contributed by atoms with Crippen LogP contribution in [0.4, 0.5) is 0 Å². The average Bonchev–Trinajstić information content (AvgIpc) is 2.62. The zero-order chi connectivity index (χ0) is 12.3. The summed E-state index contributed by atoms with van der Waals surface area (Å²) < 4.78 is 0. The predicted molar refractivity (Wildman–Crippen MR) is 64.0 cm³/mol. The van der Waals surface area contributed by atoms with Gasteiger partial charge >= 0.3 is 0 Å². The topological polar surface area (TPSA) is 63.4 Å². The molecule has 2 N–H and O–H groups in total. The van der Waals surface area contributed by atoms with Crippen LogP contribution in [0.3, 0.4) is 0 Å². The van der Waals surface area contributed by atoms with E-state index in [9.17, 15) is 9.59 Å². The van der Waals surface area contributed by atoms with E-state index in [0.717, 1.165) is 18.4 Å². The second-order valence-electron chi connectivity index (χ2n) is 4.40. The van der Waals surface area contributed by atoms with Crippen molar-refractivity contribution in [2.24, 2.45) is 11.7 Å². The Morgan fingerprint density at radius 1 is 1.35 bits per heavy atom. The van der Waals surface area contributed by atoms with Crippen molar-refractivity contribution < 1.29 is 9.59 Å². The van der Waals surface area contributed by atoms with Crippen molar-refractivity contribution in [2.45, 2.75) is 12.8 Å². The fourth-order valence-corrected chi connectivity index (χ4v) is 2.24. The van der Waals surface area contributed by atoms with E-state index in [1.54, 1.807) is 4.90 Å². The van der Waals surface area contributed by atoms with Gasteiger partial charge < -0.3 is 10.6 Å². The van der Waals surface area contributed by atoms with Gasteiger partial charge in [-0.15, -0.1) is 0 Å². The fourth-order valence-electron chi connectivity index (χ4n) is 2.24. The lowest BCUT2D eigenvalue weighted by Gasteiger charge is -2.14. The van der Waals surface area contributed by atoms with Crippen LogP contribution in [0.15, 0.2) is 30.3 Å². The van der Waals surface area contributed by atoms with E-state index in [1.165, 1.54) is 0 Å². The highest BCUT2D eigenvalue weighted by atomic mass is 16.2. The Morgan fingerprint density at radius 3 is 2.71 bits per heavy atom. The van der Waals surface area contributed by atoms with Crippen molar-refractivity contribution in [3.05, 3.63) is 35.9 Å². The quantitative estimate of drug-likeness (QED) is 0.824. The van der Waals surface area contributed by atoms with Gasteiger partial charge in [-0.1, -0.05) is 30.3 Å². The molecule has 1 aromatic rings. The summed E-state index contributed by atoms with van der Waals surface area (Å²) in [5, 5.41) is 0. The summed E-state index contributed by atoms with van der Waals surface area (Å²) in [6.45, 7) is 0.684. The number of nitrogens with zero attached hydrogens (tertiary/aromatic N) is 1. The third-order valence-electron chi connectivity index (χ3n) is 3.08. The van der Waals surface area contributed by atoms with Crippen LogP contribution in [0, 0.1) is 5.92 Å². The fraction of sp³-hybridized carbons (Fsp3) is 0.385. The lowest BCUT2D eigenvalue weighted by molar-refractivity contribution is -0.134. The highest BCUT2D eigenvalue weighted by molar-refractivity contribution is 5.86. The Labute approximate surface area is 100 Å². The number of hydrogen-bond donors (Lipinski definition) is 1. The number of primary amides is 1. The van der Waals surface area contributed by atoms with Crippen LogP contribution in [0.1, 0.15) is 12.0 Å². The van der Waals surface area contributed by atoms with Crippen molar-refractivity contribution in [2.75, 3.05) is 13.1 Å². The first-order chi connectivity index (χ1) is 8.16. The second kappa shape index (κ2) is 4.99. The summed E-state index contributed by atoms with van der Waals surface area (Å²) in [5.41, 5.74) is 6.26. The molecule has 1 aliphatic rings. The van der Waals surface area contributed by atoms with E-state index in [0.29, 0.717) is 6.54 Å². The first-order valence-corrected chi connectivity index (χ1v) is 5.78. The Bertz CT molecular complexity index is 417. The molecule has 0 saturated carbocycles. The first kappa shape index (κ1) is 11.6. The molecule has 2 rings (SSSR count). The van der Waals surface area contributed by atoms with Crippen molar-refractivity contribution in [3.8, 4) is 0 Å². The molecular formula is C13H16N2O2. The molecule has 0 aliphatic carbocycles. The lowest BCUT2D eigenvalue weighted by Crippen LogP contribution is -2.36. The van der Waals surface area contributed by atoms with Crippen molar-refractivity contribution >= 4 is 11.8 Å². The molecule has 17 heavy (non-hydrogen) atoms. The molecule has 2 amide bonds. The summed E-state index contributed by atoms with van der Waals surface area (Å²) in [5.74, 6) is -0.400. The van der Waals surface area contributed by atoms with Gasteiger partial charge in [0, 0.05) is 12.5 Å². The van der Waals surface area contributed by atoms with Crippen molar-refractivity contribution in [1.29, 1.82) is 0 Å². The van der Waals surface area contributed by atoms with Crippen LogP contribution >= 0.6 is 0 Å². The lowest BCUT2D eigenvalue weighted by atomic mass is 9.98. The molecule has 0 aromatic heterocycles. The van der Waals surface area contributed by atoms with E-state index >= 15 is 0 Å². The Balaban J connectivity index is 1.96. The summed E-state index contributed by atoms with van der Waals surface area (Å²) in [6.07, 6.45) is 1.55. The van der Waals surface area contributed by atoms with Crippen LogP contribution in [-0.2, 0) is 16.0 Å². The third kappa shape index (κ3) is 2.84. The van der Waals surface area contributed by atoms with Gasteiger partial charge in [0.25, 0.3) is 0 Å². The maximum atomic E-state index is 12.0. The van der Waals surface area contributed by atoms with Crippen LogP contribution in [0.2, 0.25) is 0 Å². The summed E-state index contributed by atoms with van der Waals surface area (Å²) in [4.78, 5) is 24.3. The van der Waals surface area contributed by atoms with Crippen LogP contribution in [0.5, 0.6) is 0 Å². The van der Waals surface area contributed by atoms with Crippen LogP contribution < -0.4 is 5.73 Å². The molecule has 90 valence electrons. The average molecular weight is 232 g/mol. The Morgan fingerprint density at radius 2 is 2.06 bits per heavy atom. The van der Waals surface area contributed by atoms with Gasteiger partial charge in [-0.05, 0) is 18.4 Å². The number of likely N-dealkylation sites (tertiary alicyclic amines) is 1. The minimum atomic E-state index is -0.446. The molecule has 0 radical (unpaired) electrons. The molecule has 1 saturated heterocycles. The molecule has 1 aromatic carbocycles. The molecule has 0 bridgehead atoms. The van der Waals surface area contributed by atoms with Crippen LogP contribution in [0.25, 0.3) is 0 Å². The maximum absolute atomic E-state index is 12.0. The number of rotatable bonds is 4. The molecule has 1 unspecified atom stereocenters. The highest BCUT2D eigenvalue weighted by Gasteiger charge is 2.31. The van der Waals surface area contributed by atoms with Crippen LogP contribution in [-0.4, -0.2) is 29.8 Å². The normalized spacial score (nSPS) is 19.6. The van der Waals surface area contributed by atoms with E-state index in [1.807, 2.05) is 30.3 Å². The van der Waals surface area contributed by atoms with Crippen molar-refractivity contribution in [1.82, 2.24) is 4.90 Å². The number of hydrogen-bond acceptors (Lipinski definition) is 2. The number of carbonyl (C=O) groups excluding carboxylic acids is 2. The number of benzene rings is 1. The van der Waals surface area contributed by atoms with Gasteiger partial charge in [-0.2, -0.15) is 0 Å². The summed E-state index contributed by atoms with van der Waals surface area (Å²) >= 11 is 0. The smallest absolute Gasteiger partial charge is 0.237 e. The third-order valence-corrected chi connectivity index (χ3v) is 3.08. The predicted octanol–water partition coefficient (Wildman–Crippen LogP) is 0.563. The molecule has 4 heteroatoms. The van der Waals surface area contributed by atoms with E-state index in [2.05, 4.69) is 0 Å². The highest BCUT2D eigenvalue weighted by Crippen LogP contribution is 2.21. The Kier molecular flexibility index (Phi) is 3.42. The molecule has 1 aliphatic heterocycles. The molecule has 1 heterocycles. The van der Waals surface area contributed by atoms with E-state index < -0.39 is 5.91 Å². The maximum Gasteiger partial charge on any atom is 0.237 e. The number of nitrogens with two attached hydrogens (primary N) is 1. The van der Waals surface area contributed by atoms with Gasteiger partial charge in [-0.25, -0.2) is 0 Å². The van der Waals surface area contributed by atoms with Gasteiger partial charge in [0.05, 0.1) is 6.54 Å². The molecule has 1 fully saturated rings. The monoisotopic (exact) mass is 232 g/mol. The van der Waals surface area contributed by atoms with E-state index in [4.69, 9.17) is 5.73 Å². The molecule has 1 atom stereocenters. The zero-order valence-corrected chi connectivity index (χ0v) is 9.63. The van der Waals surface area contributed by atoms with Crippen molar-refractivity contribution in [3.63, 3.8) is 0 Å². The number of carbonyl (C=O) groups is 2. The van der Waals surface area contributed by atoms with Gasteiger partial charge in [-0.3, -0.25) is 9.59 Å².